The minimum Gasteiger partial charge on any atom is -0.445 e. The molecule has 4 aromatic rings. The lowest BCUT2D eigenvalue weighted by Gasteiger charge is -2.29. The molecule has 4 amide bonds. The van der Waals surface area contributed by atoms with E-state index in [1.54, 1.807) is 6.20 Å². The van der Waals surface area contributed by atoms with Crippen molar-refractivity contribution >= 4 is 34.6 Å². The van der Waals surface area contributed by atoms with Crippen LogP contribution >= 0.6 is 0 Å². The largest absolute Gasteiger partial charge is 0.445 e. The summed E-state index contributed by atoms with van der Waals surface area (Å²) < 4.78 is 5.47. The Balaban J connectivity index is 1.56. The summed E-state index contributed by atoms with van der Waals surface area (Å²) in [4.78, 5) is 60.8. The Bertz CT molecular complexity index is 1710. The van der Waals surface area contributed by atoms with Gasteiger partial charge in [0.15, 0.2) is 0 Å². The van der Waals surface area contributed by atoms with Crippen LogP contribution in [0, 0.1) is 5.92 Å². The van der Waals surface area contributed by atoms with Gasteiger partial charge in [0, 0.05) is 30.8 Å². The Morgan fingerprint density at radius 1 is 0.824 bits per heavy atom. The number of carbonyl (C=O) groups excluding carboxylic acids is 4. The van der Waals surface area contributed by atoms with Crippen LogP contribution in [0.3, 0.4) is 0 Å². The smallest absolute Gasteiger partial charge is 0.408 e. The van der Waals surface area contributed by atoms with Crippen molar-refractivity contribution in [2.45, 2.75) is 96.7 Å². The molecular weight excluding hydrogens is 648 g/mol. The average molecular weight is 699 g/mol. The number of amides is 4. The lowest BCUT2D eigenvalue weighted by atomic mass is 9.96. The second-order valence-corrected chi connectivity index (χ2v) is 13.3. The molecule has 0 spiro atoms. The summed E-state index contributed by atoms with van der Waals surface area (Å²) in [6.07, 6.45) is 2.19. The van der Waals surface area contributed by atoms with Crippen LogP contribution in [0.5, 0.6) is 0 Å². The minimum atomic E-state index is -1.16. The zero-order valence-electron chi connectivity index (χ0n) is 29.7. The third-order valence-corrected chi connectivity index (χ3v) is 8.67. The van der Waals surface area contributed by atoms with E-state index in [0.717, 1.165) is 28.3 Å². The number of benzene rings is 3. The van der Waals surface area contributed by atoms with Gasteiger partial charge in [-0.15, -0.1) is 0 Å². The van der Waals surface area contributed by atoms with Crippen LogP contribution < -0.4 is 21.3 Å². The maximum absolute atomic E-state index is 14.1. The van der Waals surface area contributed by atoms with Crippen LogP contribution in [0.4, 0.5) is 4.79 Å². The van der Waals surface area contributed by atoms with Gasteiger partial charge in [-0.2, -0.15) is 0 Å². The summed E-state index contributed by atoms with van der Waals surface area (Å²) in [7, 11) is 0. The van der Waals surface area contributed by atoms with E-state index in [1.165, 1.54) is 6.33 Å². The number of nitrogens with one attached hydrogen (secondary N) is 5. The molecule has 272 valence electrons. The number of alkyl carbamates (subject to hydrolysis) is 1. The molecule has 0 bridgehead atoms. The number of aliphatic hydroxyl groups is 1. The van der Waals surface area contributed by atoms with Gasteiger partial charge in [-0.1, -0.05) is 93.6 Å². The maximum atomic E-state index is 14.1. The Morgan fingerprint density at radius 2 is 1.51 bits per heavy atom. The molecule has 0 radical (unpaired) electrons. The number of carbonyl (C=O) groups is 4. The van der Waals surface area contributed by atoms with Crippen LogP contribution in [-0.4, -0.2) is 69.2 Å². The molecule has 12 heteroatoms. The summed E-state index contributed by atoms with van der Waals surface area (Å²) in [6.45, 7) is 7.75. The van der Waals surface area contributed by atoms with Gasteiger partial charge in [0.1, 0.15) is 18.7 Å². The van der Waals surface area contributed by atoms with Gasteiger partial charge >= 0.3 is 6.09 Å². The Labute approximate surface area is 299 Å². The van der Waals surface area contributed by atoms with Crippen molar-refractivity contribution < 1.29 is 29.0 Å². The lowest BCUT2D eigenvalue weighted by Crippen LogP contribution is -2.57. The third kappa shape index (κ3) is 12.2. The third-order valence-electron chi connectivity index (χ3n) is 8.67. The van der Waals surface area contributed by atoms with E-state index in [0.29, 0.717) is 12.1 Å². The summed E-state index contributed by atoms with van der Waals surface area (Å²) in [5.74, 6) is -1.39. The van der Waals surface area contributed by atoms with Gasteiger partial charge < -0.3 is 36.1 Å². The minimum absolute atomic E-state index is 0.00901. The highest BCUT2D eigenvalue weighted by Gasteiger charge is 2.32. The quantitative estimate of drug-likeness (QED) is 0.0897. The first-order valence-electron chi connectivity index (χ1n) is 17.5. The average Bonchev–Trinajstić information content (AvgIpc) is 3.63. The molecule has 5 atom stereocenters. The predicted molar refractivity (Wildman–Crippen MR) is 195 cm³/mol. The molecule has 1 heterocycles. The fourth-order valence-electron chi connectivity index (χ4n) is 5.78. The molecule has 12 nitrogen and oxygen atoms in total. The molecular formula is C39H50N6O6. The van der Waals surface area contributed by atoms with Crippen molar-refractivity contribution in [1.82, 2.24) is 31.2 Å². The van der Waals surface area contributed by atoms with Crippen LogP contribution in [0.2, 0.25) is 0 Å². The van der Waals surface area contributed by atoms with Gasteiger partial charge in [0.2, 0.25) is 17.7 Å². The van der Waals surface area contributed by atoms with E-state index in [1.807, 2.05) is 100 Å². The van der Waals surface area contributed by atoms with Gasteiger partial charge in [0.25, 0.3) is 0 Å². The lowest BCUT2D eigenvalue weighted by molar-refractivity contribution is -0.131. The number of nitrogens with zero attached hydrogens (tertiary/aromatic N) is 1. The molecule has 0 aliphatic rings. The first-order valence-corrected chi connectivity index (χ1v) is 17.5. The molecule has 3 unspecified atom stereocenters. The van der Waals surface area contributed by atoms with E-state index < -0.39 is 42.1 Å². The molecule has 51 heavy (non-hydrogen) atoms. The number of hydrogen-bond acceptors (Lipinski definition) is 7. The van der Waals surface area contributed by atoms with Crippen LogP contribution in [0.15, 0.2) is 85.3 Å². The van der Waals surface area contributed by atoms with E-state index in [-0.39, 0.29) is 43.7 Å². The van der Waals surface area contributed by atoms with Crippen molar-refractivity contribution in [3.8, 4) is 0 Å². The Hall–Kier alpha value is -5.23. The first-order chi connectivity index (χ1) is 24.5. The summed E-state index contributed by atoms with van der Waals surface area (Å²) in [6, 6.07) is 19.6. The van der Waals surface area contributed by atoms with Crippen LogP contribution in [0.25, 0.3) is 10.8 Å². The Morgan fingerprint density at radius 3 is 2.22 bits per heavy atom. The molecule has 1 aromatic heterocycles. The number of fused-ring (bicyclic) bond motifs is 1. The van der Waals surface area contributed by atoms with Crippen LogP contribution in [-0.2, 0) is 38.6 Å². The van der Waals surface area contributed by atoms with E-state index in [9.17, 15) is 24.3 Å². The van der Waals surface area contributed by atoms with Gasteiger partial charge in [-0.3, -0.25) is 14.4 Å². The Kier molecular flexibility index (Phi) is 14.5. The van der Waals surface area contributed by atoms with Crippen molar-refractivity contribution in [2.24, 2.45) is 5.92 Å². The number of aliphatic hydroxyl groups excluding tert-OH is 1. The molecule has 3 aromatic carbocycles. The monoisotopic (exact) mass is 698 g/mol. The van der Waals surface area contributed by atoms with Crippen molar-refractivity contribution in [3.63, 3.8) is 0 Å². The molecule has 0 aliphatic heterocycles. The van der Waals surface area contributed by atoms with Crippen molar-refractivity contribution in [2.75, 3.05) is 0 Å². The summed E-state index contributed by atoms with van der Waals surface area (Å²) in [5.41, 5.74) is 2.20. The molecule has 6 N–H and O–H groups in total. The maximum Gasteiger partial charge on any atom is 0.408 e. The molecule has 0 aliphatic carbocycles. The van der Waals surface area contributed by atoms with Crippen molar-refractivity contribution in [1.29, 1.82) is 0 Å². The van der Waals surface area contributed by atoms with Crippen LogP contribution in [0.1, 0.15) is 63.8 Å². The molecule has 0 fully saturated rings. The number of rotatable bonds is 18. The zero-order chi connectivity index (χ0) is 36.8. The first kappa shape index (κ1) is 38.6. The van der Waals surface area contributed by atoms with E-state index in [4.69, 9.17) is 4.74 Å². The summed E-state index contributed by atoms with van der Waals surface area (Å²) >= 11 is 0. The number of H-pyrrole nitrogens is 1. The molecule has 4 rings (SSSR count). The predicted octanol–water partition coefficient (Wildman–Crippen LogP) is 4.32. The number of aromatic amines is 1. The van der Waals surface area contributed by atoms with Crippen molar-refractivity contribution in [3.05, 3.63) is 102 Å². The van der Waals surface area contributed by atoms with Gasteiger partial charge in [0.05, 0.1) is 24.9 Å². The topological polar surface area (TPSA) is 175 Å². The number of ether oxygens (including phenoxy) is 1. The highest BCUT2D eigenvalue weighted by molar-refractivity contribution is 5.93. The van der Waals surface area contributed by atoms with E-state index >= 15 is 0 Å². The second kappa shape index (κ2) is 19.2. The molecule has 0 saturated carbocycles. The second-order valence-electron chi connectivity index (χ2n) is 13.3. The van der Waals surface area contributed by atoms with Gasteiger partial charge in [-0.25, -0.2) is 9.78 Å². The SMILES string of the molecule is CCC(C)NC(=O)CC(O)C(CC(C)C)NC(=O)[C@H](Cc1cnc[nH]1)NC(=O)[C@H](Cc1cccc2ccccc12)NC(=O)OCc1ccccc1. The fraction of sp³-hybridized carbons (Fsp3) is 0.410. The number of hydrogen-bond donors (Lipinski definition) is 6. The highest BCUT2D eigenvalue weighted by Crippen LogP contribution is 2.20. The fourth-order valence-corrected chi connectivity index (χ4v) is 5.78. The number of aromatic nitrogens is 2. The van der Waals surface area contributed by atoms with E-state index in [2.05, 4.69) is 31.2 Å². The van der Waals surface area contributed by atoms with Gasteiger partial charge in [-0.05, 0) is 47.6 Å². The number of imidazole rings is 1. The zero-order valence-corrected chi connectivity index (χ0v) is 29.7. The normalized spacial score (nSPS) is 14.2. The summed E-state index contributed by atoms with van der Waals surface area (Å²) in [5, 5.41) is 24.3. The molecule has 0 saturated heterocycles. The highest BCUT2D eigenvalue weighted by atomic mass is 16.5. The standard InChI is InChI=1S/C39H50N6O6/c1-5-26(4)42-36(47)21-35(46)32(18-25(2)3)43-38(49)34(20-30-22-40-24-41-30)44-37(48)33(45-39(50)51-23-27-12-7-6-8-13-27)19-29-16-11-15-28-14-9-10-17-31(28)29/h6-17,22,24-26,32-35,46H,5,18-21,23H2,1-4H3,(H,40,41)(H,42,47)(H,43,49)(H,44,48)(H,45,50)/t26?,32?,33-,34-,35?/m0/s1.